The van der Waals surface area contributed by atoms with Crippen LogP contribution in [0.2, 0.25) is 5.02 Å². The minimum Gasteiger partial charge on any atom is -0.493 e. The number of hydrogen-bond donors (Lipinski definition) is 1. The van der Waals surface area contributed by atoms with Crippen molar-refractivity contribution in [3.05, 3.63) is 22.7 Å². The highest BCUT2D eigenvalue weighted by atomic mass is 35.5. The Bertz CT molecular complexity index is 529. The molecule has 1 atom stereocenters. The molecule has 0 saturated heterocycles. The van der Waals surface area contributed by atoms with Crippen molar-refractivity contribution in [2.75, 3.05) is 20.8 Å². The summed E-state index contributed by atoms with van der Waals surface area (Å²) in [5, 5.41) is -0.145. The molecule has 0 bridgehead atoms. The van der Waals surface area contributed by atoms with Crippen LogP contribution in [0.1, 0.15) is 18.5 Å². The molecular formula is C13H17Cl2F2NO4. The van der Waals surface area contributed by atoms with Crippen LogP contribution in [-0.2, 0) is 9.53 Å². The summed E-state index contributed by atoms with van der Waals surface area (Å²) in [6, 6.07) is 0.659. The van der Waals surface area contributed by atoms with Gasteiger partial charge < -0.3 is 19.9 Å². The summed E-state index contributed by atoms with van der Waals surface area (Å²) in [5.41, 5.74) is 5.34. The minimum absolute atomic E-state index is 0. The number of halogens is 4. The van der Waals surface area contributed by atoms with Crippen LogP contribution in [0, 0.1) is 0 Å². The van der Waals surface area contributed by atoms with Gasteiger partial charge in [-0.3, -0.25) is 0 Å². The third-order valence-electron chi connectivity index (χ3n) is 2.79. The number of rotatable bonds is 6. The Kier molecular flexibility index (Phi) is 7.86. The summed E-state index contributed by atoms with van der Waals surface area (Å²) >= 11 is 6.01. The van der Waals surface area contributed by atoms with Gasteiger partial charge in [-0.05, 0) is 18.6 Å². The first-order valence-electron chi connectivity index (χ1n) is 6.02. The lowest BCUT2D eigenvalue weighted by Crippen LogP contribution is -2.41. The summed E-state index contributed by atoms with van der Waals surface area (Å²) in [6.45, 7) is 1.24. The lowest BCUT2D eigenvalue weighted by Gasteiger charge is -2.23. The highest BCUT2D eigenvalue weighted by molar-refractivity contribution is 6.33. The standard InChI is InChI=1S/C13H16ClF2NO4.ClH/c1-4-21-12(18)13(15,16)11(17)7-5-6-8(19-2)10(20-3)9(7)14;/h5-6,11H,4,17H2,1-3H3;1H/t11-;/m1./s1. The van der Waals surface area contributed by atoms with Gasteiger partial charge in [0.15, 0.2) is 11.5 Å². The van der Waals surface area contributed by atoms with E-state index >= 15 is 0 Å². The van der Waals surface area contributed by atoms with Crippen LogP contribution in [-0.4, -0.2) is 32.7 Å². The van der Waals surface area contributed by atoms with Crippen LogP contribution in [0.5, 0.6) is 11.5 Å². The summed E-state index contributed by atoms with van der Waals surface area (Å²) in [4.78, 5) is 11.3. The summed E-state index contributed by atoms with van der Waals surface area (Å²) in [7, 11) is 2.68. The molecule has 0 aliphatic heterocycles. The third-order valence-corrected chi connectivity index (χ3v) is 3.18. The van der Waals surface area contributed by atoms with Crippen molar-refractivity contribution in [1.29, 1.82) is 0 Å². The van der Waals surface area contributed by atoms with E-state index in [-0.39, 0.29) is 41.1 Å². The summed E-state index contributed by atoms with van der Waals surface area (Å²) in [5.74, 6) is -5.30. The number of carbonyl (C=O) groups excluding carboxylic acids is 1. The molecule has 22 heavy (non-hydrogen) atoms. The van der Waals surface area contributed by atoms with E-state index in [9.17, 15) is 13.6 Å². The van der Waals surface area contributed by atoms with Crippen molar-refractivity contribution >= 4 is 30.0 Å². The number of alkyl halides is 2. The Morgan fingerprint density at radius 1 is 1.36 bits per heavy atom. The normalized spacial score (nSPS) is 12.1. The molecule has 0 saturated carbocycles. The van der Waals surface area contributed by atoms with Gasteiger partial charge in [-0.1, -0.05) is 17.7 Å². The fraction of sp³-hybridized carbons (Fsp3) is 0.462. The van der Waals surface area contributed by atoms with Crippen molar-refractivity contribution in [2.24, 2.45) is 5.73 Å². The number of esters is 1. The van der Waals surface area contributed by atoms with Gasteiger partial charge in [0.25, 0.3) is 0 Å². The van der Waals surface area contributed by atoms with E-state index in [4.69, 9.17) is 26.8 Å². The fourth-order valence-corrected chi connectivity index (χ4v) is 2.05. The second kappa shape index (κ2) is 8.36. The maximum absolute atomic E-state index is 14.0. The van der Waals surface area contributed by atoms with E-state index in [0.29, 0.717) is 0 Å². The molecule has 0 spiro atoms. The van der Waals surface area contributed by atoms with Gasteiger partial charge in [0.2, 0.25) is 0 Å². The van der Waals surface area contributed by atoms with Crippen molar-refractivity contribution in [3.8, 4) is 11.5 Å². The van der Waals surface area contributed by atoms with Crippen molar-refractivity contribution in [2.45, 2.75) is 18.9 Å². The zero-order chi connectivity index (χ0) is 16.2. The Balaban J connectivity index is 0.00000441. The quantitative estimate of drug-likeness (QED) is 0.790. The van der Waals surface area contributed by atoms with Crippen LogP contribution in [0.4, 0.5) is 8.78 Å². The topological polar surface area (TPSA) is 70.8 Å². The van der Waals surface area contributed by atoms with E-state index < -0.39 is 17.9 Å². The lowest BCUT2D eigenvalue weighted by atomic mass is 10.0. The summed E-state index contributed by atoms with van der Waals surface area (Å²) in [6.07, 6.45) is 0. The van der Waals surface area contributed by atoms with E-state index in [1.165, 1.54) is 33.3 Å². The molecule has 5 nitrogen and oxygen atoms in total. The van der Waals surface area contributed by atoms with Crippen molar-refractivity contribution in [1.82, 2.24) is 0 Å². The molecule has 0 radical (unpaired) electrons. The number of benzene rings is 1. The molecule has 1 rings (SSSR count). The van der Waals surface area contributed by atoms with Crippen molar-refractivity contribution in [3.63, 3.8) is 0 Å². The number of hydrogen-bond acceptors (Lipinski definition) is 5. The van der Waals surface area contributed by atoms with E-state index in [2.05, 4.69) is 4.74 Å². The second-order valence-electron chi connectivity index (χ2n) is 4.03. The highest BCUT2D eigenvalue weighted by Gasteiger charge is 2.48. The molecule has 9 heteroatoms. The molecule has 0 fully saturated rings. The zero-order valence-corrected chi connectivity index (χ0v) is 13.8. The molecule has 1 aromatic carbocycles. The van der Waals surface area contributed by atoms with E-state index in [0.717, 1.165) is 0 Å². The van der Waals surface area contributed by atoms with E-state index in [1.807, 2.05) is 0 Å². The monoisotopic (exact) mass is 359 g/mol. The average molecular weight is 360 g/mol. The van der Waals surface area contributed by atoms with Crippen LogP contribution < -0.4 is 15.2 Å². The van der Waals surface area contributed by atoms with Crippen LogP contribution in [0.3, 0.4) is 0 Å². The Hall–Kier alpha value is -1.31. The number of methoxy groups -OCH3 is 2. The first kappa shape index (κ1) is 20.7. The molecular weight excluding hydrogens is 343 g/mol. The largest absolute Gasteiger partial charge is 0.493 e. The average Bonchev–Trinajstić information content (AvgIpc) is 2.46. The number of carbonyl (C=O) groups is 1. The lowest BCUT2D eigenvalue weighted by molar-refractivity contribution is -0.174. The summed E-state index contributed by atoms with van der Waals surface area (Å²) < 4.78 is 42.2. The van der Waals surface area contributed by atoms with Gasteiger partial charge in [0, 0.05) is 0 Å². The van der Waals surface area contributed by atoms with Gasteiger partial charge in [0.05, 0.1) is 25.8 Å². The van der Waals surface area contributed by atoms with Gasteiger partial charge in [-0.2, -0.15) is 8.78 Å². The predicted octanol–water partition coefficient (Wildman–Crippen LogP) is 2.98. The molecule has 0 heterocycles. The zero-order valence-electron chi connectivity index (χ0n) is 12.2. The van der Waals surface area contributed by atoms with Gasteiger partial charge in [-0.15, -0.1) is 12.4 Å². The second-order valence-corrected chi connectivity index (χ2v) is 4.40. The Morgan fingerprint density at radius 2 is 1.95 bits per heavy atom. The first-order valence-corrected chi connectivity index (χ1v) is 6.40. The Labute approximate surface area is 138 Å². The molecule has 0 aliphatic carbocycles. The Morgan fingerprint density at radius 3 is 2.41 bits per heavy atom. The maximum atomic E-state index is 14.0. The van der Waals surface area contributed by atoms with Crippen LogP contribution in [0.25, 0.3) is 0 Å². The molecule has 1 aromatic rings. The molecule has 2 N–H and O–H groups in total. The molecule has 0 unspecified atom stereocenters. The van der Waals surface area contributed by atoms with Gasteiger partial charge in [0.1, 0.15) is 6.04 Å². The fourth-order valence-electron chi connectivity index (χ4n) is 1.69. The van der Waals surface area contributed by atoms with Crippen molar-refractivity contribution < 1.29 is 27.8 Å². The predicted molar refractivity (Wildman–Crippen MR) is 80.3 cm³/mol. The SMILES string of the molecule is CCOC(=O)C(F)(F)[C@H](N)c1ccc(OC)c(OC)c1Cl.Cl. The van der Waals surface area contributed by atoms with Crippen LogP contribution >= 0.6 is 24.0 Å². The smallest absolute Gasteiger partial charge is 0.379 e. The first-order chi connectivity index (χ1) is 9.81. The molecule has 126 valence electrons. The van der Waals surface area contributed by atoms with Gasteiger partial charge in [-0.25, -0.2) is 4.79 Å². The maximum Gasteiger partial charge on any atom is 0.379 e. The number of ether oxygens (including phenoxy) is 3. The van der Waals surface area contributed by atoms with E-state index in [1.54, 1.807) is 0 Å². The van der Waals surface area contributed by atoms with Gasteiger partial charge >= 0.3 is 11.9 Å². The third kappa shape index (κ3) is 3.91. The highest BCUT2D eigenvalue weighted by Crippen LogP contribution is 2.42. The molecule has 0 aromatic heterocycles. The minimum atomic E-state index is -3.92. The number of nitrogens with two attached hydrogens (primary N) is 1. The van der Waals surface area contributed by atoms with Crippen LogP contribution in [0.15, 0.2) is 12.1 Å². The molecule has 0 amide bonds. The molecule has 0 aliphatic rings.